The van der Waals surface area contributed by atoms with Crippen LogP contribution in [0.3, 0.4) is 0 Å². The van der Waals surface area contributed by atoms with E-state index in [0.717, 1.165) is 23.7 Å². The number of amides is 2. The molecular weight excluding hydrogens is 196 g/mol. The Hall–Kier alpha value is -1.76. The normalized spacial score (nSPS) is 25.0. The van der Waals surface area contributed by atoms with Crippen molar-refractivity contribution in [1.82, 2.24) is 10.3 Å². The first-order valence-corrected chi connectivity index (χ1v) is 4.44. The zero-order chi connectivity index (χ0) is 11.5. The molecule has 2 amide bonds. The predicted octanol–water partition coefficient (Wildman–Crippen LogP) is -0.563. The van der Waals surface area contributed by atoms with Gasteiger partial charge >= 0.3 is 6.03 Å². The number of urea groups is 1. The molecule has 1 atom stereocenters. The second-order valence-electron chi connectivity index (χ2n) is 3.47. The first-order chi connectivity index (χ1) is 7.09. The Kier molecular flexibility index (Phi) is 3.15. The summed E-state index contributed by atoms with van der Waals surface area (Å²) in [6.45, 7) is 0.540. The van der Waals surface area contributed by atoms with E-state index in [1.807, 2.05) is 0 Å². The van der Waals surface area contributed by atoms with Crippen LogP contribution in [0.4, 0.5) is 4.79 Å². The average molecular weight is 210 g/mol. The number of nitrogens with one attached hydrogen (secondary N) is 4. The monoisotopic (exact) mass is 210 g/mol. The van der Waals surface area contributed by atoms with Crippen LogP contribution in [0.2, 0.25) is 0 Å². The van der Waals surface area contributed by atoms with Crippen molar-refractivity contribution in [2.45, 2.75) is 0 Å². The van der Waals surface area contributed by atoms with E-state index in [2.05, 4.69) is 5.32 Å². The van der Waals surface area contributed by atoms with E-state index in [1.165, 1.54) is 0 Å². The summed E-state index contributed by atoms with van der Waals surface area (Å²) in [4.78, 5) is 11.1. The third-order valence-electron chi connectivity index (χ3n) is 2.63. The highest BCUT2D eigenvalue weighted by Crippen LogP contribution is 2.23. The van der Waals surface area contributed by atoms with Crippen molar-refractivity contribution in [3.63, 3.8) is 0 Å². The van der Waals surface area contributed by atoms with Crippen LogP contribution in [0.1, 0.15) is 0 Å². The summed E-state index contributed by atoms with van der Waals surface area (Å²) in [7, 11) is 0. The number of hydrazine groups is 1. The van der Waals surface area contributed by atoms with Gasteiger partial charge in [-0.25, -0.2) is 10.6 Å². The van der Waals surface area contributed by atoms with Crippen LogP contribution in [0.25, 0.3) is 0 Å². The van der Waals surface area contributed by atoms with Crippen molar-refractivity contribution in [2.75, 3.05) is 13.1 Å². The van der Waals surface area contributed by atoms with Crippen LogP contribution < -0.4 is 11.2 Å². The Balaban J connectivity index is 2.87. The molecule has 0 aliphatic carbocycles. The highest BCUT2D eigenvalue weighted by atomic mass is 16.2. The van der Waals surface area contributed by atoms with E-state index in [-0.39, 0.29) is 18.5 Å². The molecule has 0 aromatic heterocycles. The van der Waals surface area contributed by atoms with Gasteiger partial charge in [0.05, 0.1) is 5.41 Å². The molecule has 1 heterocycles. The Bertz CT molecular complexity index is 280. The molecule has 7 nitrogen and oxygen atoms in total. The summed E-state index contributed by atoms with van der Waals surface area (Å²) in [5.74, 6) is 5.17. The minimum absolute atomic E-state index is 0.228. The second kappa shape index (κ2) is 4.18. The molecule has 0 bridgehead atoms. The van der Waals surface area contributed by atoms with Crippen LogP contribution >= 0.6 is 0 Å². The molecule has 0 saturated carbocycles. The number of nitrogens with two attached hydrogens (primary N) is 1. The number of hydrogen-bond acceptors (Lipinski definition) is 5. The number of rotatable bonds is 4. The Morgan fingerprint density at radius 2 is 1.93 bits per heavy atom. The van der Waals surface area contributed by atoms with Crippen molar-refractivity contribution in [1.29, 1.82) is 16.2 Å². The molecule has 1 saturated heterocycles. The highest BCUT2D eigenvalue weighted by Gasteiger charge is 2.38. The van der Waals surface area contributed by atoms with Gasteiger partial charge in [0, 0.05) is 37.7 Å². The van der Waals surface area contributed by atoms with Gasteiger partial charge in [-0.15, -0.1) is 0 Å². The molecule has 1 rings (SSSR count). The zero-order valence-electron chi connectivity index (χ0n) is 8.16. The lowest BCUT2D eigenvalue weighted by Gasteiger charge is -2.37. The summed E-state index contributed by atoms with van der Waals surface area (Å²) < 4.78 is 0. The van der Waals surface area contributed by atoms with Crippen LogP contribution in [-0.4, -0.2) is 42.8 Å². The standard InChI is InChI=1S/C8H14N6O/c9-3-8(4-10,5-11)6-1-13-7(15)14(12)2-6/h3-6,9-11H,1-2,12H2,(H,13,15). The fourth-order valence-electron chi connectivity index (χ4n) is 1.51. The van der Waals surface area contributed by atoms with Crippen molar-refractivity contribution >= 4 is 24.7 Å². The lowest BCUT2D eigenvalue weighted by Crippen LogP contribution is -2.59. The first kappa shape index (κ1) is 11.3. The van der Waals surface area contributed by atoms with Crippen LogP contribution in [-0.2, 0) is 0 Å². The molecular formula is C8H14N6O. The SMILES string of the molecule is N=CC(C=N)(C=N)C1CNC(=O)N(N)C1. The van der Waals surface area contributed by atoms with Crippen LogP contribution in [0.5, 0.6) is 0 Å². The maximum atomic E-state index is 11.1. The highest BCUT2D eigenvalue weighted by molar-refractivity contribution is 6.05. The Labute approximate surface area is 87.1 Å². The fourth-order valence-corrected chi connectivity index (χ4v) is 1.51. The smallest absolute Gasteiger partial charge is 0.331 e. The lowest BCUT2D eigenvalue weighted by atomic mass is 9.77. The number of carbonyl (C=O) groups excluding carboxylic acids is 1. The van der Waals surface area contributed by atoms with E-state index in [4.69, 9.17) is 22.1 Å². The first-order valence-electron chi connectivity index (χ1n) is 4.44. The molecule has 82 valence electrons. The molecule has 0 aromatic rings. The van der Waals surface area contributed by atoms with Crippen molar-refractivity contribution in [2.24, 2.45) is 17.2 Å². The summed E-state index contributed by atoms with van der Waals surface area (Å²) in [5, 5.41) is 25.3. The number of carbonyl (C=O) groups is 1. The van der Waals surface area contributed by atoms with Crippen molar-refractivity contribution in [3.05, 3.63) is 0 Å². The van der Waals surface area contributed by atoms with E-state index >= 15 is 0 Å². The van der Waals surface area contributed by atoms with Gasteiger partial charge in [0.25, 0.3) is 0 Å². The molecule has 0 radical (unpaired) electrons. The quantitative estimate of drug-likeness (QED) is 0.242. The van der Waals surface area contributed by atoms with Gasteiger partial charge in [-0.1, -0.05) is 0 Å². The molecule has 7 heteroatoms. The van der Waals surface area contributed by atoms with Gasteiger partial charge in [0.1, 0.15) is 0 Å². The van der Waals surface area contributed by atoms with Gasteiger partial charge in [-0.2, -0.15) is 0 Å². The van der Waals surface area contributed by atoms with Gasteiger partial charge in [-0.05, 0) is 0 Å². The summed E-state index contributed by atoms with van der Waals surface area (Å²) in [5.41, 5.74) is -1.05. The molecule has 1 unspecified atom stereocenters. The minimum Gasteiger partial charge on any atom is -0.336 e. The maximum Gasteiger partial charge on any atom is 0.331 e. The summed E-state index contributed by atoms with van der Waals surface area (Å²) in [6.07, 6.45) is 3.09. The fraction of sp³-hybridized carbons (Fsp3) is 0.500. The molecule has 0 aromatic carbocycles. The van der Waals surface area contributed by atoms with Gasteiger partial charge < -0.3 is 21.5 Å². The van der Waals surface area contributed by atoms with Gasteiger partial charge in [-0.3, -0.25) is 5.01 Å². The molecule has 6 N–H and O–H groups in total. The molecule has 15 heavy (non-hydrogen) atoms. The zero-order valence-corrected chi connectivity index (χ0v) is 8.16. The third-order valence-corrected chi connectivity index (χ3v) is 2.63. The topological polar surface area (TPSA) is 130 Å². The van der Waals surface area contributed by atoms with E-state index < -0.39 is 5.41 Å². The summed E-state index contributed by atoms with van der Waals surface area (Å²) >= 11 is 0. The summed E-state index contributed by atoms with van der Waals surface area (Å²) in [6, 6.07) is -0.375. The van der Waals surface area contributed by atoms with Gasteiger partial charge in [0.15, 0.2) is 0 Å². The molecule has 1 fully saturated rings. The molecule has 1 aliphatic rings. The minimum atomic E-state index is -1.05. The van der Waals surface area contributed by atoms with E-state index in [1.54, 1.807) is 0 Å². The van der Waals surface area contributed by atoms with Crippen LogP contribution in [0, 0.1) is 27.6 Å². The van der Waals surface area contributed by atoms with E-state index in [0.29, 0.717) is 6.54 Å². The lowest BCUT2D eigenvalue weighted by molar-refractivity contribution is 0.161. The van der Waals surface area contributed by atoms with Crippen LogP contribution in [0.15, 0.2) is 0 Å². The predicted molar refractivity (Wildman–Crippen MR) is 56.6 cm³/mol. The Morgan fingerprint density at radius 1 is 1.40 bits per heavy atom. The average Bonchev–Trinajstić information content (AvgIpc) is 2.26. The van der Waals surface area contributed by atoms with Gasteiger partial charge in [0.2, 0.25) is 0 Å². The Morgan fingerprint density at radius 3 is 2.33 bits per heavy atom. The van der Waals surface area contributed by atoms with Crippen molar-refractivity contribution in [3.8, 4) is 0 Å². The molecule has 0 spiro atoms. The number of nitrogens with zero attached hydrogens (tertiary/aromatic N) is 1. The maximum absolute atomic E-state index is 11.1. The second-order valence-corrected chi connectivity index (χ2v) is 3.47. The largest absolute Gasteiger partial charge is 0.336 e. The third kappa shape index (κ3) is 1.86. The molecule has 1 aliphatic heterocycles. The van der Waals surface area contributed by atoms with E-state index in [9.17, 15) is 4.79 Å². The number of hydrogen-bond donors (Lipinski definition) is 5. The van der Waals surface area contributed by atoms with Crippen molar-refractivity contribution < 1.29 is 4.79 Å².